The van der Waals surface area contributed by atoms with Gasteiger partial charge in [-0.2, -0.15) is 0 Å². The Morgan fingerprint density at radius 2 is 1.96 bits per heavy atom. The van der Waals surface area contributed by atoms with Crippen molar-refractivity contribution >= 4 is 16.8 Å². The van der Waals surface area contributed by atoms with Crippen molar-refractivity contribution in [1.82, 2.24) is 15.2 Å². The lowest BCUT2D eigenvalue weighted by molar-refractivity contribution is 0.0952. The van der Waals surface area contributed by atoms with Gasteiger partial charge < -0.3 is 14.6 Å². The van der Waals surface area contributed by atoms with Gasteiger partial charge in [-0.05, 0) is 63.2 Å². The molecule has 0 aliphatic carbocycles. The summed E-state index contributed by atoms with van der Waals surface area (Å²) in [7, 11) is 0. The molecule has 0 unspecified atom stereocenters. The molecule has 1 saturated heterocycles. The zero-order chi connectivity index (χ0) is 18.5. The number of fused-ring (bicyclic) bond motifs is 1. The molecule has 5 nitrogen and oxygen atoms in total. The molecule has 1 aliphatic heterocycles. The molecule has 0 saturated carbocycles. The molecule has 0 spiro atoms. The minimum absolute atomic E-state index is 0.0555. The van der Waals surface area contributed by atoms with E-state index in [0.717, 1.165) is 23.9 Å². The summed E-state index contributed by atoms with van der Waals surface area (Å²) in [6.07, 6.45) is 6.53. The summed E-state index contributed by atoms with van der Waals surface area (Å²) in [4.78, 5) is 20.0. The number of amides is 1. The average Bonchev–Trinajstić information content (AvgIpc) is 3.26. The van der Waals surface area contributed by atoms with Gasteiger partial charge in [0.1, 0.15) is 5.69 Å². The summed E-state index contributed by atoms with van der Waals surface area (Å²) >= 11 is 0. The van der Waals surface area contributed by atoms with Gasteiger partial charge in [0.15, 0.2) is 5.76 Å². The SMILES string of the molecule is O=C(NCCCN1CCCCC1)c1cc(-c2ccco2)nc2ccccc12. The number of furan rings is 1. The third kappa shape index (κ3) is 4.19. The molecule has 27 heavy (non-hydrogen) atoms. The Morgan fingerprint density at radius 3 is 2.78 bits per heavy atom. The van der Waals surface area contributed by atoms with Crippen molar-refractivity contribution in [2.75, 3.05) is 26.2 Å². The predicted molar refractivity (Wildman–Crippen MR) is 107 cm³/mol. The fraction of sp³-hybridized carbons (Fsp3) is 0.364. The van der Waals surface area contributed by atoms with Crippen molar-refractivity contribution < 1.29 is 9.21 Å². The molecule has 5 heteroatoms. The van der Waals surface area contributed by atoms with Crippen LogP contribution in [-0.4, -0.2) is 42.0 Å². The van der Waals surface area contributed by atoms with Crippen LogP contribution in [0.25, 0.3) is 22.4 Å². The van der Waals surface area contributed by atoms with Crippen molar-refractivity contribution in [3.8, 4) is 11.5 Å². The van der Waals surface area contributed by atoms with Crippen LogP contribution in [0.3, 0.4) is 0 Å². The minimum Gasteiger partial charge on any atom is -0.463 e. The Bertz CT molecular complexity index is 899. The molecule has 1 fully saturated rings. The summed E-state index contributed by atoms with van der Waals surface area (Å²) in [5.74, 6) is 0.611. The Labute approximate surface area is 159 Å². The van der Waals surface area contributed by atoms with E-state index in [-0.39, 0.29) is 5.91 Å². The Morgan fingerprint density at radius 1 is 1.11 bits per heavy atom. The molecule has 0 bridgehead atoms. The fourth-order valence-corrected chi connectivity index (χ4v) is 3.70. The maximum atomic E-state index is 12.8. The van der Waals surface area contributed by atoms with Crippen molar-refractivity contribution in [3.63, 3.8) is 0 Å². The van der Waals surface area contributed by atoms with Crippen LogP contribution >= 0.6 is 0 Å². The third-order valence-electron chi connectivity index (χ3n) is 5.12. The highest BCUT2D eigenvalue weighted by Gasteiger charge is 2.15. The normalized spacial score (nSPS) is 15.1. The lowest BCUT2D eigenvalue weighted by atomic mass is 10.1. The number of hydrogen-bond acceptors (Lipinski definition) is 4. The van der Waals surface area contributed by atoms with Crippen LogP contribution in [0, 0.1) is 0 Å². The number of para-hydroxylation sites is 1. The largest absolute Gasteiger partial charge is 0.463 e. The van der Waals surface area contributed by atoms with Gasteiger partial charge in [-0.3, -0.25) is 4.79 Å². The van der Waals surface area contributed by atoms with Crippen molar-refractivity contribution in [3.05, 3.63) is 54.3 Å². The van der Waals surface area contributed by atoms with Crippen molar-refractivity contribution in [2.24, 2.45) is 0 Å². The van der Waals surface area contributed by atoms with E-state index >= 15 is 0 Å². The number of piperidine rings is 1. The van der Waals surface area contributed by atoms with E-state index < -0.39 is 0 Å². The van der Waals surface area contributed by atoms with Crippen molar-refractivity contribution in [2.45, 2.75) is 25.7 Å². The molecule has 1 aliphatic rings. The highest BCUT2D eigenvalue weighted by Crippen LogP contribution is 2.25. The first-order valence-electron chi connectivity index (χ1n) is 9.75. The van der Waals surface area contributed by atoms with Crippen LogP contribution in [0.2, 0.25) is 0 Å². The van der Waals surface area contributed by atoms with Crippen LogP contribution in [0.15, 0.2) is 53.1 Å². The van der Waals surface area contributed by atoms with Gasteiger partial charge in [0, 0.05) is 11.9 Å². The monoisotopic (exact) mass is 363 g/mol. The molecule has 140 valence electrons. The van der Waals surface area contributed by atoms with Gasteiger partial charge in [-0.25, -0.2) is 4.98 Å². The van der Waals surface area contributed by atoms with Gasteiger partial charge in [-0.15, -0.1) is 0 Å². The van der Waals surface area contributed by atoms with E-state index in [4.69, 9.17) is 4.42 Å². The Kier molecular flexibility index (Phi) is 5.49. The maximum absolute atomic E-state index is 12.8. The smallest absolute Gasteiger partial charge is 0.252 e. The standard InChI is InChI=1S/C22H25N3O2/c26-22(23-11-7-14-25-12-4-1-5-13-25)18-16-20(21-10-6-15-27-21)24-19-9-3-2-8-17(18)19/h2-3,6,8-10,15-16H,1,4-5,7,11-14H2,(H,23,26). The van der Waals surface area contributed by atoms with E-state index in [1.807, 2.05) is 42.5 Å². The number of pyridine rings is 1. The van der Waals surface area contributed by atoms with Gasteiger partial charge in [0.25, 0.3) is 5.91 Å². The van der Waals surface area contributed by atoms with Crippen LogP contribution in [0.5, 0.6) is 0 Å². The molecule has 4 rings (SSSR count). The summed E-state index contributed by atoms with van der Waals surface area (Å²) in [5, 5.41) is 3.94. The Balaban J connectivity index is 1.47. The van der Waals surface area contributed by atoms with Gasteiger partial charge in [-0.1, -0.05) is 24.6 Å². The minimum atomic E-state index is -0.0555. The van der Waals surface area contributed by atoms with Gasteiger partial charge in [0.05, 0.1) is 17.3 Å². The second-order valence-corrected chi connectivity index (χ2v) is 7.06. The predicted octanol–water partition coefficient (Wildman–Crippen LogP) is 4.10. The fourth-order valence-electron chi connectivity index (χ4n) is 3.70. The van der Waals surface area contributed by atoms with E-state index in [0.29, 0.717) is 23.6 Å². The van der Waals surface area contributed by atoms with E-state index in [1.54, 1.807) is 6.26 Å². The summed E-state index contributed by atoms with van der Waals surface area (Å²) in [6, 6.07) is 13.2. The highest BCUT2D eigenvalue weighted by molar-refractivity contribution is 6.07. The number of aromatic nitrogens is 1. The molecular weight excluding hydrogens is 338 g/mol. The van der Waals surface area contributed by atoms with Crippen LogP contribution in [0.4, 0.5) is 0 Å². The summed E-state index contributed by atoms with van der Waals surface area (Å²) in [5.41, 5.74) is 2.12. The van der Waals surface area contributed by atoms with Gasteiger partial charge in [0.2, 0.25) is 0 Å². The Hall–Kier alpha value is -2.66. The highest BCUT2D eigenvalue weighted by atomic mass is 16.3. The topological polar surface area (TPSA) is 58.4 Å². The molecule has 1 aromatic carbocycles. The zero-order valence-electron chi connectivity index (χ0n) is 15.5. The van der Waals surface area contributed by atoms with Gasteiger partial charge >= 0.3 is 0 Å². The number of carbonyl (C=O) groups is 1. The number of rotatable bonds is 6. The third-order valence-corrected chi connectivity index (χ3v) is 5.12. The van der Waals surface area contributed by atoms with E-state index in [2.05, 4.69) is 15.2 Å². The lowest BCUT2D eigenvalue weighted by Crippen LogP contribution is -2.33. The van der Waals surface area contributed by atoms with Crippen molar-refractivity contribution in [1.29, 1.82) is 0 Å². The molecule has 3 aromatic rings. The maximum Gasteiger partial charge on any atom is 0.252 e. The second kappa shape index (κ2) is 8.35. The molecule has 1 N–H and O–H groups in total. The molecule has 0 atom stereocenters. The van der Waals surface area contributed by atoms with Crippen LogP contribution in [0.1, 0.15) is 36.0 Å². The molecular formula is C22H25N3O2. The number of nitrogens with zero attached hydrogens (tertiary/aromatic N) is 2. The number of hydrogen-bond donors (Lipinski definition) is 1. The first-order valence-corrected chi connectivity index (χ1v) is 9.75. The molecule has 1 amide bonds. The first kappa shape index (κ1) is 17.7. The number of nitrogens with one attached hydrogen (secondary N) is 1. The number of likely N-dealkylation sites (tertiary alicyclic amines) is 1. The quantitative estimate of drug-likeness (QED) is 0.670. The molecule has 3 heterocycles. The number of benzene rings is 1. The average molecular weight is 363 g/mol. The van der Waals surface area contributed by atoms with Crippen LogP contribution < -0.4 is 5.32 Å². The van der Waals surface area contributed by atoms with E-state index in [1.165, 1.54) is 32.4 Å². The number of carbonyl (C=O) groups excluding carboxylic acids is 1. The first-order chi connectivity index (χ1) is 13.3. The summed E-state index contributed by atoms with van der Waals surface area (Å²) < 4.78 is 5.47. The zero-order valence-corrected chi connectivity index (χ0v) is 15.5. The second-order valence-electron chi connectivity index (χ2n) is 7.06. The van der Waals surface area contributed by atoms with Crippen LogP contribution in [-0.2, 0) is 0 Å². The lowest BCUT2D eigenvalue weighted by Gasteiger charge is -2.26. The summed E-state index contributed by atoms with van der Waals surface area (Å²) in [6.45, 7) is 4.11. The molecule has 2 aromatic heterocycles. The molecule has 0 radical (unpaired) electrons. The van der Waals surface area contributed by atoms with E-state index in [9.17, 15) is 4.79 Å².